The largest absolute Gasteiger partial charge is 0.454 e. The number of hydrogen-bond donors (Lipinski definition) is 1. The number of ether oxygens (including phenoxy) is 2. The highest BCUT2D eigenvalue weighted by Crippen LogP contribution is 2.43. The fourth-order valence-corrected chi connectivity index (χ4v) is 3.37. The Morgan fingerprint density at radius 1 is 1.23 bits per heavy atom. The van der Waals surface area contributed by atoms with E-state index in [0.29, 0.717) is 6.54 Å². The molecule has 0 aliphatic carbocycles. The van der Waals surface area contributed by atoms with Gasteiger partial charge in [-0.25, -0.2) is 0 Å². The van der Waals surface area contributed by atoms with Crippen molar-refractivity contribution in [3.05, 3.63) is 58.7 Å². The summed E-state index contributed by atoms with van der Waals surface area (Å²) in [6, 6.07) is 12.3. The van der Waals surface area contributed by atoms with Crippen molar-refractivity contribution in [2.75, 3.05) is 13.3 Å². The summed E-state index contributed by atoms with van der Waals surface area (Å²) in [4.78, 5) is 2.28. The number of rotatable bonds is 2. The zero-order valence-corrected chi connectivity index (χ0v) is 12.6. The molecule has 4 nitrogen and oxygen atoms in total. The molecule has 4 rings (SSSR count). The molecule has 2 heterocycles. The van der Waals surface area contributed by atoms with Crippen LogP contribution in [0.2, 0.25) is 0 Å². The average molecular weight is 297 g/mol. The van der Waals surface area contributed by atoms with Crippen LogP contribution in [-0.2, 0) is 13.1 Å². The predicted molar refractivity (Wildman–Crippen MR) is 82.8 cm³/mol. The molecule has 0 spiro atoms. The van der Waals surface area contributed by atoms with Gasteiger partial charge in [-0.1, -0.05) is 30.3 Å². The van der Waals surface area contributed by atoms with Gasteiger partial charge in [0.2, 0.25) is 6.79 Å². The zero-order valence-electron chi connectivity index (χ0n) is 12.6. The van der Waals surface area contributed by atoms with Gasteiger partial charge in [-0.15, -0.1) is 0 Å². The van der Waals surface area contributed by atoms with Gasteiger partial charge in [-0.2, -0.15) is 0 Å². The normalized spacial score (nSPS) is 20.0. The number of aliphatic hydroxyl groups excluding tert-OH is 1. The maximum absolute atomic E-state index is 10.5. The summed E-state index contributed by atoms with van der Waals surface area (Å²) in [5.74, 6) is 1.58. The summed E-state index contributed by atoms with van der Waals surface area (Å²) < 4.78 is 11.0. The van der Waals surface area contributed by atoms with E-state index >= 15 is 0 Å². The third-order valence-corrected chi connectivity index (χ3v) is 4.49. The van der Waals surface area contributed by atoms with Crippen LogP contribution in [0, 0.1) is 6.92 Å². The highest BCUT2D eigenvalue weighted by Gasteiger charge is 2.30. The molecule has 0 radical (unpaired) electrons. The SMILES string of the molecule is Cc1c2c(cc3c1OCO3)C(O)CN(Cc1ccccc1)C2. The molecule has 1 unspecified atom stereocenters. The maximum Gasteiger partial charge on any atom is 0.231 e. The first kappa shape index (κ1) is 13.6. The average Bonchev–Trinajstić information content (AvgIpc) is 2.99. The summed E-state index contributed by atoms with van der Waals surface area (Å²) in [6.45, 7) is 4.62. The Balaban J connectivity index is 1.65. The number of aliphatic hydroxyl groups is 1. The maximum atomic E-state index is 10.5. The van der Waals surface area contributed by atoms with Crippen molar-refractivity contribution in [3.63, 3.8) is 0 Å². The molecule has 4 heteroatoms. The molecule has 2 aromatic rings. The summed E-state index contributed by atoms with van der Waals surface area (Å²) in [5.41, 5.74) is 4.49. The summed E-state index contributed by atoms with van der Waals surface area (Å²) in [5, 5.41) is 10.5. The quantitative estimate of drug-likeness (QED) is 0.925. The molecule has 0 fully saturated rings. The van der Waals surface area contributed by atoms with Crippen molar-refractivity contribution in [2.45, 2.75) is 26.1 Å². The Bertz CT molecular complexity index is 699. The van der Waals surface area contributed by atoms with Gasteiger partial charge in [-0.3, -0.25) is 4.90 Å². The fraction of sp³-hybridized carbons (Fsp3) is 0.333. The smallest absolute Gasteiger partial charge is 0.231 e. The van der Waals surface area contributed by atoms with Crippen molar-refractivity contribution in [3.8, 4) is 11.5 Å². The molecule has 0 saturated heterocycles. The topological polar surface area (TPSA) is 41.9 Å². The number of fused-ring (bicyclic) bond motifs is 2. The summed E-state index contributed by atoms with van der Waals surface area (Å²) in [7, 11) is 0. The molecule has 0 amide bonds. The number of benzene rings is 2. The molecule has 114 valence electrons. The molecular weight excluding hydrogens is 278 g/mol. The minimum Gasteiger partial charge on any atom is -0.454 e. The molecule has 2 aromatic carbocycles. The van der Waals surface area contributed by atoms with E-state index in [2.05, 4.69) is 17.0 Å². The molecular formula is C18H19NO3. The molecule has 2 aliphatic heterocycles. The third kappa shape index (κ3) is 2.25. The highest BCUT2D eigenvalue weighted by atomic mass is 16.7. The van der Waals surface area contributed by atoms with Crippen molar-refractivity contribution < 1.29 is 14.6 Å². The third-order valence-electron chi connectivity index (χ3n) is 4.49. The molecule has 0 saturated carbocycles. The fourth-order valence-electron chi connectivity index (χ4n) is 3.37. The Hall–Kier alpha value is -2.04. The van der Waals surface area contributed by atoms with Crippen LogP contribution < -0.4 is 9.47 Å². The van der Waals surface area contributed by atoms with Crippen LogP contribution in [0.1, 0.15) is 28.4 Å². The Labute approximate surface area is 129 Å². The van der Waals surface area contributed by atoms with Crippen LogP contribution in [0.3, 0.4) is 0 Å². The minimum absolute atomic E-state index is 0.267. The van der Waals surface area contributed by atoms with Gasteiger partial charge < -0.3 is 14.6 Å². The van der Waals surface area contributed by atoms with E-state index in [1.165, 1.54) is 11.1 Å². The van der Waals surface area contributed by atoms with Crippen LogP contribution in [0.4, 0.5) is 0 Å². The van der Waals surface area contributed by atoms with Crippen LogP contribution in [0.15, 0.2) is 36.4 Å². The van der Waals surface area contributed by atoms with Gasteiger partial charge in [-0.05, 0) is 35.2 Å². The van der Waals surface area contributed by atoms with E-state index in [0.717, 1.165) is 35.7 Å². The lowest BCUT2D eigenvalue weighted by atomic mass is 9.92. The lowest BCUT2D eigenvalue weighted by Crippen LogP contribution is -2.33. The second-order valence-corrected chi connectivity index (χ2v) is 5.97. The van der Waals surface area contributed by atoms with Gasteiger partial charge in [0.1, 0.15) is 0 Å². The molecule has 0 aromatic heterocycles. The van der Waals surface area contributed by atoms with Crippen LogP contribution in [0.5, 0.6) is 11.5 Å². The molecule has 0 bridgehead atoms. The standard InChI is InChI=1S/C18H19NO3/c1-12-15-9-19(8-13-5-3-2-4-6-13)10-16(20)14(15)7-17-18(12)22-11-21-17/h2-7,16,20H,8-11H2,1H3. The Kier molecular flexibility index (Phi) is 3.28. The summed E-state index contributed by atoms with van der Waals surface area (Å²) >= 11 is 0. The molecule has 22 heavy (non-hydrogen) atoms. The number of hydrogen-bond acceptors (Lipinski definition) is 4. The van der Waals surface area contributed by atoms with E-state index in [1.807, 2.05) is 31.2 Å². The van der Waals surface area contributed by atoms with Crippen molar-refractivity contribution in [2.24, 2.45) is 0 Å². The zero-order chi connectivity index (χ0) is 15.1. The Morgan fingerprint density at radius 2 is 2.05 bits per heavy atom. The lowest BCUT2D eigenvalue weighted by Gasteiger charge is -2.33. The second kappa shape index (κ2) is 5.30. The van der Waals surface area contributed by atoms with Crippen molar-refractivity contribution >= 4 is 0 Å². The first-order chi connectivity index (χ1) is 10.7. The van der Waals surface area contributed by atoms with Gasteiger partial charge in [0.15, 0.2) is 11.5 Å². The van der Waals surface area contributed by atoms with Crippen molar-refractivity contribution in [1.29, 1.82) is 0 Å². The van der Waals surface area contributed by atoms with E-state index in [-0.39, 0.29) is 6.79 Å². The molecule has 1 N–H and O–H groups in total. The molecule has 1 atom stereocenters. The summed E-state index contributed by atoms with van der Waals surface area (Å²) in [6.07, 6.45) is -0.485. The number of nitrogens with zero attached hydrogens (tertiary/aromatic N) is 1. The van der Waals surface area contributed by atoms with Gasteiger partial charge >= 0.3 is 0 Å². The van der Waals surface area contributed by atoms with Crippen molar-refractivity contribution in [1.82, 2.24) is 4.90 Å². The van der Waals surface area contributed by atoms with E-state index in [1.54, 1.807) is 0 Å². The van der Waals surface area contributed by atoms with Gasteiger partial charge in [0, 0.05) is 19.6 Å². The van der Waals surface area contributed by atoms with E-state index in [4.69, 9.17) is 9.47 Å². The molecule has 2 aliphatic rings. The van der Waals surface area contributed by atoms with E-state index < -0.39 is 6.10 Å². The number of β-amino-alcohol motifs (C(OH)–C–C–N with tert-alkyl or cyclic N) is 1. The van der Waals surface area contributed by atoms with Gasteiger partial charge in [0.05, 0.1) is 6.10 Å². The predicted octanol–water partition coefficient (Wildman–Crippen LogP) is 2.77. The van der Waals surface area contributed by atoms with Crippen LogP contribution in [0.25, 0.3) is 0 Å². The minimum atomic E-state index is -0.485. The Morgan fingerprint density at radius 3 is 2.86 bits per heavy atom. The first-order valence-corrected chi connectivity index (χ1v) is 7.58. The van der Waals surface area contributed by atoms with Crippen LogP contribution >= 0.6 is 0 Å². The first-order valence-electron chi connectivity index (χ1n) is 7.58. The second-order valence-electron chi connectivity index (χ2n) is 5.97. The van der Waals surface area contributed by atoms with E-state index in [9.17, 15) is 5.11 Å². The highest BCUT2D eigenvalue weighted by molar-refractivity contribution is 5.56. The monoisotopic (exact) mass is 297 g/mol. The van der Waals surface area contributed by atoms with Gasteiger partial charge in [0.25, 0.3) is 0 Å². The van der Waals surface area contributed by atoms with Crippen LogP contribution in [-0.4, -0.2) is 23.3 Å². The lowest BCUT2D eigenvalue weighted by molar-refractivity contribution is 0.0877.